The van der Waals surface area contributed by atoms with Gasteiger partial charge in [-0.2, -0.15) is 0 Å². The van der Waals surface area contributed by atoms with Crippen LogP contribution in [0, 0.1) is 5.92 Å². The number of benzene rings is 3. The number of hydrogen-bond donors (Lipinski definition) is 1. The van der Waals surface area contributed by atoms with Gasteiger partial charge in [0, 0.05) is 30.0 Å². The fourth-order valence-electron chi connectivity index (χ4n) is 4.52. The smallest absolute Gasteiger partial charge is 0.244 e. The third kappa shape index (κ3) is 8.04. The van der Waals surface area contributed by atoms with E-state index in [-0.39, 0.29) is 43.0 Å². The molecule has 0 aromatic heterocycles. The normalized spacial score (nSPS) is 13.1. The van der Waals surface area contributed by atoms with E-state index >= 15 is 0 Å². The van der Waals surface area contributed by atoms with Gasteiger partial charge in [-0.3, -0.25) is 13.9 Å². The van der Waals surface area contributed by atoms with Gasteiger partial charge in [0.15, 0.2) is 11.5 Å². The lowest BCUT2D eigenvalue weighted by molar-refractivity contribution is -0.140. The molecule has 11 heteroatoms. The predicted octanol–water partition coefficient (Wildman–Crippen LogP) is 4.75. The largest absolute Gasteiger partial charge is 0.454 e. The Bertz CT molecular complexity index is 1480. The highest BCUT2D eigenvalue weighted by Gasteiger charge is 2.34. The second-order valence-electron chi connectivity index (χ2n) is 10.4. The van der Waals surface area contributed by atoms with E-state index in [9.17, 15) is 18.0 Å². The highest BCUT2D eigenvalue weighted by molar-refractivity contribution is 9.10. The Balaban J connectivity index is 1.73. The third-order valence-electron chi connectivity index (χ3n) is 6.85. The van der Waals surface area contributed by atoms with Crippen LogP contribution in [0.1, 0.15) is 31.9 Å². The van der Waals surface area contributed by atoms with Crippen molar-refractivity contribution < 1.29 is 27.5 Å². The summed E-state index contributed by atoms with van der Waals surface area (Å²) in [5, 5.41) is 2.98. The predicted molar refractivity (Wildman–Crippen MR) is 166 cm³/mol. The second-order valence-corrected chi connectivity index (χ2v) is 13.5. The summed E-state index contributed by atoms with van der Waals surface area (Å²) in [5.74, 6) is 0.0833. The minimum atomic E-state index is -3.88. The van der Waals surface area contributed by atoms with E-state index in [0.717, 1.165) is 19.9 Å². The van der Waals surface area contributed by atoms with Crippen molar-refractivity contribution in [2.24, 2.45) is 5.92 Å². The van der Waals surface area contributed by atoms with E-state index in [4.69, 9.17) is 9.47 Å². The zero-order chi connectivity index (χ0) is 30.3. The first-order valence-electron chi connectivity index (χ1n) is 13.8. The molecule has 1 heterocycles. The molecule has 3 aromatic rings. The highest BCUT2D eigenvalue weighted by Crippen LogP contribution is 2.36. The summed E-state index contributed by atoms with van der Waals surface area (Å²) in [4.78, 5) is 29.4. The lowest BCUT2D eigenvalue weighted by Gasteiger charge is -2.34. The first-order valence-corrected chi connectivity index (χ1v) is 16.2. The van der Waals surface area contributed by atoms with Crippen LogP contribution in [0.5, 0.6) is 11.5 Å². The van der Waals surface area contributed by atoms with Gasteiger partial charge in [-0.25, -0.2) is 8.42 Å². The van der Waals surface area contributed by atoms with Gasteiger partial charge in [0.1, 0.15) is 12.6 Å². The topological polar surface area (TPSA) is 105 Å². The molecule has 0 aliphatic carbocycles. The van der Waals surface area contributed by atoms with Crippen molar-refractivity contribution in [1.82, 2.24) is 10.2 Å². The maximum Gasteiger partial charge on any atom is 0.244 e. The van der Waals surface area contributed by atoms with Crippen molar-refractivity contribution in [3.05, 3.63) is 88.4 Å². The first kappa shape index (κ1) is 31.4. The fraction of sp³-hybridized carbons (Fsp3) is 0.355. The Hall–Kier alpha value is -3.57. The van der Waals surface area contributed by atoms with Gasteiger partial charge in [-0.05, 0) is 48.2 Å². The molecular formula is C31H36BrN3O6S. The highest BCUT2D eigenvalue weighted by atomic mass is 79.9. The molecule has 1 aliphatic heterocycles. The third-order valence-corrected chi connectivity index (χ3v) is 9.12. The first-order chi connectivity index (χ1) is 20.1. The van der Waals surface area contributed by atoms with E-state index < -0.39 is 28.5 Å². The van der Waals surface area contributed by atoms with Gasteiger partial charge in [-0.1, -0.05) is 72.2 Å². The molecule has 1 aliphatic rings. The number of halogens is 1. The van der Waals surface area contributed by atoms with Crippen molar-refractivity contribution in [2.45, 2.75) is 39.8 Å². The molecule has 2 amide bonds. The molecule has 0 unspecified atom stereocenters. The molecule has 0 bridgehead atoms. The number of fused-ring (bicyclic) bond motifs is 1. The molecule has 3 aromatic carbocycles. The molecule has 0 saturated carbocycles. The number of anilines is 1. The lowest BCUT2D eigenvalue weighted by atomic mass is 10.0. The summed E-state index contributed by atoms with van der Waals surface area (Å²) in [5.41, 5.74) is 1.96. The molecule has 0 radical (unpaired) electrons. The molecule has 224 valence electrons. The number of nitrogens with zero attached hydrogens (tertiary/aromatic N) is 2. The van der Waals surface area contributed by atoms with Gasteiger partial charge in [0.2, 0.25) is 28.6 Å². The van der Waals surface area contributed by atoms with Gasteiger partial charge in [0.25, 0.3) is 0 Å². The van der Waals surface area contributed by atoms with Crippen LogP contribution in [0.3, 0.4) is 0 Å². The number of sulfonamides is 1. The Kier molecular flexibility index (Phi) is 10.5. The average molecular weight is 659 g/mol. The number of carbonyl (C=O) groups is 2. The van der Waals surface area contributed by atoms with Crippen molar-refractivity contribution in [3.63, 3.8) is 0 Å². The lowest BCUT2D eigenvalue weighted by Crippen LogP contribution is -2.53. The maximum atomic E-state index is 14.2. The maximum absolute atomic E-state index is 14.2. The van der Waals surface area contributed by atoms with E-state index in [2.05, 4.69) is 21.2 Å². The number of nitrogens with one attached hydrogen (secondary N) is 1. The number of carbonyl (C=O) groups excluding carboxylic acids is 2. The summed E-state index contributed by atoms with van der Waals surface area (Å²) in [6, 6.07) is 20.8. The summed E-state index contributed by atoms with van der Waals surface area (Å²) in [7, 11) is -3.88. The van der Waals surface area contributed by atoms with Crippen molar-refractivity contribution >= 4 is 43.5 Å². The van der Waals surface area contributed by atoms with Crippen LogP contribution in [0.2, 0.25) is 0 Å². The second kappa shape index (κ2) is 14.1. The van der Waals surface area contributed by atoms with Crippen molar-refractivity contribution in [2.75, 3.05) is 29.9 Å². The zero-order valence-electron chi connectivity index (χ0n) is 24.0. The van der Waals surface area contributed by atoms with E-state index in [1.807, 2.05) is 68.4 Å². The Morgan fingerprint density at radius 3 is 2.31 bits per heavy atom. The molecule has 1 atom stereocenters. The molecule has 1 N–H and O–H groups in total. The Morgan fingerprint density at radius 2 is 1.64 bits per heavy atom. The van der Waals surface area contributed by atoms with Crippen molar-refractivity contribution in [3.8, 4) is 11.5 Å². The van der Waals surface area contributed by atoms with Gasteiger partial charge < -0.3 is 19.7 Å². The van der Waals surface area contributed by atoms with Crippen LogP contribution >= 0.6 is 15.9 Å². The quantitative estimate of drug-likeness (QED) is 0.285. The molecule has 0 spiro atoms. The van der Waals surface area contributed by atoms with Crippen LogP contribution in [-0.2, 0) is 32.6 Å². The van der Waals surface area contributed by atoms with Crippen LogP contribution < -0.4 is 19.1 Å². The van der Waals surface area contributed by atoms with Gasteiger partial charge in [-0.15, -0.1) is 0 Å². The minimum Gasteiger partial charge on any atom is -0.454 e. The van der Waals surface area contributed by atoms with Crippen LogP contribution in [0.25, 0.3) is 0 Å². The monoisotopic (exact) mass is 657 g/mol. The summed E-state index contributed by atoms with van der Waals surface area (Å²) < 4.78 is 39.5. The van der Waals surface area contributed by atoms with E-state index in [0.29, 0.717) is 18.0 Å². The number of hydrogen-bond acceptors (Lipinski definition) is 6. The summed E-state index contributed by atoms with van der Waals surface area (Å²) >= 11 is 3.44. The molecular weight excluding hydrogens is 622 g/mol. The number of rotatable bonds is 13. The van der Waals surface area contributed by atoms with Gasteiger partial charge in [0.05, 0.1) is 11.4 Å². The summed E-state index contributed by atoms with van der Waals surface area (Å²) in [6.45, 7) is 5.61. The Labute approximate surface area is 256 Å². The molecule has 0 fully saturated rings. The summed E-state index contributed by atoms with van der Waals surface area (Å²) in [6.07, 6.45) is 0.261. The van der Waals surface area contributed by atoms with Crippen LogP contribution in [0.4, 0.5) is 5.69 Å². The molecule has 42 heavy (non-hydrogen) atoms. The van der Waals surface area contributed by atoms with Crippen molar-refractivity contribution in [1.29, 1.82) is 0 Å². The van der Waals surface area contributed by atoms with E-state index in [1.54, 1.807) is 18.2 Å². The minimum absolute atomic E-state index is 0.0336. The SMILES string of the molecule is CCS(=O)(=O)N(CC(=O)N(Cc1ccc(Br)cc1)[C@@H](Cc1ccccc1)C(=O)NCC(C)C)c1ccc2c(c1)OCO2. The van der Waals surface area contributed by atoms with Crippen LogP contribution in [-0.4, -0.2) is 56.8 Å². The average Bonchev–Trinajstić information content (AvgIpc) is 3.46. The Morgan fingerprint density at radius 1 is 0.952 bits per heavy atom. The zero-order valence-corrected chi connectivity index (χ0v) is 26.4. The van der Waals surface area contributed by atoms with Gasteiger partial charge >= 0.3 is 0 Å². The fourth-order valence-corrected chi connectivity index (χ4v) is 5.84. The molecule has 0 saturated heterocycles. The standard InChI is InChI=1S/C31H36BrN3O6S/c1-4-42(38,39)35(26-14-15-28-29(17-26)41-21-40-28)20-30(36)34(19-24-10-12-25(32)13-11-24)27(31(37)33-18-22(2)3)16-23-8-6-5-7-9-23/h5-15,17,22,27H,4,16,18-21H2,1-3H3,(H,33,37)/t27-/m0/s1. The van der Waals surface area contributed by atoms with Crippen LogP contribution in [0.15, 0.2) is 77.3 Å². The number of amides is 2. The molecule has 9 nitrogen and oxygen atoms in total. The molecule has 4 rings (SSSR count). The van der Waals surface area contributed by atoms with E-state index in [1.165, 1.54) is 11.8 Å². The number of ether oxygens (including phenoxy) is 2.